The van der Waals surface area contributed by atoms with Gasteiger partial charge in [-0.1, -0.05) is 149 Å². The molecule has 0 radical (unpaired) electrons. The van der Waals surface area contributed by atoms with E-state index < -0.39 is 6.10 Å². The van der Waals surface area contributed by atoms with E-state index in [1.54, 1.807) is 0 Å². The lowest BCUT2D eigenvalue weighted by Gasteiger charge is -2.11. The number of hydrogen-bond acceptors (Lipinski definition) is 3. The second-order valence-electron chi connectivity index (χ2n) is 10.3. The molecule has 0 spiro atoms. The highest BCUT2D eigenvalue weighted by Crippen LogP contribution is 2.14. The van der Waals surface area contributed by atoms with Crippen LogP contribution in [0.4, 0.5) is 0 Å². The maximum Gasteiger partial charge on any atom is 0.245 e. The van der Waals surface area contributed by atoms with Crippen LogP contribution in [0.3, 0.4) is 0 Å². The van der Waals surface area contributed by atoms with E-state index in [0.717, 1.165) is 25.7 Å². The molecule has 4 nitrogen and oxygen atoms in total. The second kappa shape index (κ2) is 26.9. The normalized spacial score (nSPS) is 12.9. The Balaban J connectivity index is 3.68. The highest BCUT2D eigenvalue weighted by molar-refractivity contribution is 5.98. The predicted molar refractivity (Wildman–Crippen MR) is 148 cm³/mol. The van der Waals surface area contributed by atoms with Crippen LogP contribution in [-0.2, 0) is 4.79 Å². The lowest BCUT2D eigenvalue weighted by molar-refractivity contribution is -0.118. The molecule has 0 aromatic rings. The largest absolute Gasteiger partial charge is 0.390 e. The van der Waals surface area contributed by atoms with Gasteiger partial charge in [0.15, 0.2) is 0 Å². The van der Waals surface area contributed by atoms with Gasteiger partial charge in [-0.05, 0) is 12.8 Å². The average Bonchev–Trinajstić information content (AvgIpc) is 2.84. The van der Waals surface area contributed by atoms with E-state index in [0.29, 0.717) is 12.8 Å². The smallest absolute Gasteiger partial charge is 0.245 e. The van der Waals surface area contributed by atoms with Gasteiger partial charge < -0.3 is 10.2 Å². The van der Waals surface area contributed by atoms with Gasteiger partial charge in [0, 0.05) is 6.42 Å². The zero-order valence-electron chi connectivity index (χ0n) is 23.0. The van der Waals surface area contributed by atoms with Crippen LogP contribution >= 0.6 is 0 Å². The summed E-state index contributed by atoms with van der Waals surface area (Å²) >= 11 is 0. The Labute approximate surface area is 212 Å². The first-order chi connectivity index (χ1) is 16.7. The third kappa shape index (κ3) is 23.0. The van der Waals surface area contributed by atoms with Crippen LogP contribution in [0.5, 0.6) is 0 Å². The lowest BCUT2D eigenvalue weighted by atomic mass is 10.0. The number of carbonyl (C=O) groups excluding carboxylic acids is 1. The molecule has 0 fully saturated rings. The summed E-state index contributed by atoms with van der Waals surface area (Å²) in [5.74, 6) is -0.198. The van der Waals surface area contributed by atoms with Crippen LogP contribution in [-0.4, -0.2) is 34.5 Å². The lowest BCUT2D eigenvalue weighted by Crippen LogP contribution is -2.25. The molecule has 2 N–H and O–H groups in total. The Morgan fingerprint density at radius 3 is 1.32 bits per heavy atom. The van der Waals surface area contributed by atoms with Crippen LogP contribution in [0.2, 0.25) is 0 Å². The number of carbonyl (C=O) groups is 1. The summed E-state index contributed by atoms with van der Waals surface area (Å²) in [5.41, 5.74) is 0.250. The van der Waals surface area contributed by atoms with Crippen molar-refractivity contribution in [2.75, 3.05) is 6.61 Å². The van der Waals surface area contributed by atoms with Crippen molar-refractivity contribution in [1.82, 2.24) is 0 Å². The third-order valence-electron chi connectivity index (χ3n) is 6.89. The van der Waals surface area contributed by atoms with Crippen molar-refractivity contribution >= 4 is 11.6 Å². The molecule has 0 heterocycles. The summed E-state index contributed by atoms with van der Waals surface area (Å²) < 4.78 is 0. The van der Waals surface area contributed by atoms with Crippen molar-refractivity contribution in [2.45, 2.75) is 174 Å². The third-order valence-corrected chi connectivity index (χ3v) is 6.89. The Morgan fingerprint density at radius 2 is 0.941 bits per heavy atom. The van der Waals surface area contributed by atoms with E-state index >= 15 is 0 Å². The van der Waals surface area contributed by atoms with Crippen LogP contribution in [0.15, 0.2) is 4.99 Å². The molecule has 34 heavy (non-hydrogen) atoms. The molecule has 0 rings (SSSR count). The molecular weight excluding hydrogens is 422 g/mol. The summed E-state index contributed by atoms with van der Waals surface area (Å²) in [6.07, 6.45) is 28.0. The van der Waals surface area contributed by atoms with Gasteiger partial charge in [0.05, 0.1) is 18.4 Å². The monoisotopic (exact) mass is 481 g/mol. The predicted octanol–water partition coefficient (Wildman–Crippen LogP) is 8.71. The summed E-state index contributed by atoms with van der Waals surface area (Å²) in [4.78, 5) is 16.1. The van der Waals surface area contributed by atoms with E-state index in [-0.39, 0.29) is 18.2 Å². The van der Waals surface area contributed by atoms with Gasteiger partial charge >= 0.3 is 0 Å². The number of unbranched alkanes of at least 4 members (excludes halogenated alkanes) is 20. The number of aliphatic hydroxyl groups is 2. The minimum absolute atomic E-state index is 0.198. The molecule has 1 atom stereocenters. The van der Waals surface area contributed by atoms with E-state index in [4.69, 9.17) is 0 Å². The Kier molecular flexibility index (Phi) is 26.3. The standard InChI is InChI=1S/C30H59NO3/c1-3-5-7-9-11-13-14-15-16-18-19-21-23-25-29(33)28(27-32)31-30(34)26-24-22-20-17-12-10-8-6-4-2/h29,32-33H,3-27H2,1-2H3/b31-28-. The van der Waals surface area contributed by atoms with Gasteiger partial charge in [-0.25, -0.2) is 4.99 Å². The summed E-state index contributed by atoms with van der Waals surface area (Å²) in [6, 6.07) is 0. The van der Waals surface area contributed by atoms with Crippen molar-refractivity contribution in [3.05, 3.63) is 0 Å². The van der Waals surface area contributed by atoms with Crippen molar-refractivity contribution in [3.63, 3.8) is 0 Å². The van der Waals surface area contributed by atoms with Crippen LogP contribution < -0.4 is 0 Å². The van der Waals surface area contributed by atoms with E-state index in [2.05, 4.69) is 18.8 Å². The average molecular weight is 482 g/mol. The van der Waals surface area contributed by atoms with Gasteiger partial charge in [-0.3, -0.25) is 4.79 Å². The molecule has 202 valence electrons. The molecule has 4 heteroatoms. The number of aliphatic imine (C=N–C) groups is 1. The first-order valence-corrected chi connectivity index (χ1v) is 15.0. The van der Waals surface area contributed by atoms with Crippen LogP contribution in [0.1, 0.15) is 168 Å². The minimum Gasteiger partial charge on any atom is -0.390 e. The van der Waals surface area contributed by atoms with Crippen molar-refractivity contribution in [2.24, 2.45) is 4.99 Å². The zero-order chi connectivity index (χ0) is 25.1. The second-order valence-corrected chi connectivity index (χ2v) is 10.3. The minimum atomic E-state index is -0.787. The topological polar surface area (TPSA) is 69.9 Å². The molecule has 0 aromatic carbocycles. The van der Waals surface area contributed by atoms with Gasteiger partial charge in [-0.15, -0.1) is 0 Å². The Morgan fingerprint density at radius 1 is 0.588 bits per heavy atom. The van der Waals surface area contributed by atoms with Crippen LogP contribution in [0.25, 0.3) is 0 Å². The van der Waals surface area contributed by atoms with Crippen molar-refractivity contribution < 1.29 is 15.0 Å². The molecule has 0 aromatic heterocycles. The number of rotatable bonds is 26. The summed E-state index contributed by atoms with van der Waals surface area (Å²) in [6.45, 7) is 4.17. The SMILES string of the molecule is CCCCCCCCCCCCCCCC(O)/C(CO)=N\C(=O)CCCCCCCCCCC. The molecule has 0 bridgehead atoms. The molecule has 0 saturated heterocycles. The molecule has 0 saturated carbocycles. The highest BCUT2D eigenvalue weighted by Gasteiger charge is 2.13. The van der Waals surface area contributed by atoms with E-state index in [1.807, 2.05) is 0 Å². The Bertz CT molecular complexity index is 464. The quantitative estimate of drug-likeness (QED) is 0.0958. The summed E-state index contributed by atoms with van der Waals surface area (Å²) in [7, 11) is 0. The van der Waals surface area contributed by atoms with Crippen molar-refractivity contribution in [3.8, 4) is 0 Å². The van der Waals surface area contributed by atoms with Crippen molar-refractivity contribution in [1.29, 1.82) is 0 Å². The fourth-order valence-electron chi connectivity index (χ4n) is 4.54. The van der Waals surface area contributed by atoms with Gasteiger partial charge in [0.2, 0.25) is 5.91 Å². The van der Waals surface area contributed by atoms with Gasteiger partial charge in [-0.2, -0.15) is 0 Å². The molecule has 0 aliphatic rings. The highest BCUT2D eigenvalue weighted by atomic mass is 16.3. The zero-order valence-corrected chi connectivity index (χ0v) is 23.0. The number of aliphatic hydroxyl groups excluding tert-OH is 2. The maximum absolute atomic E-state index is 12.1. The molecule has 0 aliphatic carbocycles. The van der Waals surface area contributed by atoms with Gasteiger partial charge in [0.1, 0.15) is 0 Å². The number of hydrogen-bond donors (Lipinski definition) is 2. The molecule has 1 amide bonds. The first kappa shape index (κ1) is 33.3. The summed E-state index contributed by atoms with van der Waals surface area (Å²) in [5, 5.41) is 19.9. The fourth-order valence-corrected chi connectivity index (χ4v) is 4.54. The van der Waals surface area contributed by atoms with E-state index in [1.165, 1.54) is 116 Å². The fraction of sp³-hybridized carbons (Fsp3) is 0.933. The molecular formula is C30H59NO3. The first-order valence-electron chi connectivity index (χ1n) is 15.0. The Hall–Kier alpha value is -0.740. The van der Waals surface area contributed by atoms with E-state index in [9.17, 15) is 15.0 Å². The number of amides is 1. The molecule has 1 unspecified atom stereocenters. The molecule has 0 aliphatic heterocycles. The van der Waals surface area contributed by atoms with Gasteiger partial charge in [0.25, 0.3) is 0 Å². The number of nitrogens with zero attached hydrogens (tertiary/aromatic N) is 1. The maximum atomic E-state index is 12.1. The van der Waals surface area contributed by atoms with Crippen LogP contribution in [0, 0.1) is 0 Å².